The molecule has 0 aliphatic carbocycles. The lowest BCUT2D eigenvalue weighted by atomic mass is 10.1. The molecule has 1 aromatic heterocycles. The second-order valence-electron chi connectivity index (χ2n) is 4.13. The molecular weight excluding hydrogens is 264 g/mol. The summed E-state index contributed by atoms with van der Waals surface area (Å²) in [7, 11) is 0. The second-order valence-corrected chi connectivity index (χ2v) is 4.13. The van der Waals surface area contributed by atoms with Gasteiger partial charge in [-0.3, -0.25) is 0 Å². The summed E-state index contributed by atoms with van der Waals surface area (Å²) in [6.07, 6.45) is 0. The van der Waals surface area contributed by atoms with Crippen LogP contribution in [0.25, 0.3) is 22.8 Å². The molecule has 2 N–H and O–H groups in total. The molecule has 0 aliphatic rings. The Labute approximate surface area is 112 Å². The number of anilines is 1. The molecule has 3 aromatic rings. The first-order chi connectivity index (χ1) is 9.65. The van der Waals surface area contributed by atoms with Crippen molar-refractivity contribution in [3.05, 3.63) is 54.1 Å². The summed E-state index contributed by atoms with van der Waals surface area (Å²) in [5.41, 5.74) is 6.54. The van der Waals surface area contributed by atoms with Crippen molar-refractivity contribution in [3.63, 3.8) is 0 Å². The van der Waals surface area contributed by atoms with E-state index in [4.69, 9.17) is 10.3 Å². The highest BCUT2D eigenvalue weighted by molar-refractivity contribution is 5.72. The number of rotatable bonds is 2. The van der Waals surface area contributed by atoms with Crippen LogP contribution in [0.3, 0.4) is 0 Å². The normalized spacial score (nSPS) is 10.7. The van der Waals surface area contributed by atoms with Gasteiger partial charge < -0.3 is 10.3 Å². The summed E-state index contributed by atoms with van der Waals surface area (Å²) in [5.74, 6) is -0.683. The molecule has 0 saturated heterocycles. The smallest absolute Gasteiger partial charge is 0.263 e. The summed E-state index contributed by atoms with van der Waals surface area (Å²) >= 11 is 0. The average Bonchev–Trinajstić information content (AvgIpc) is 2.89. The Hall–Kier alpha value is -2.76. The minimum Gasteiger partial charge on any atom is -0.398 e. The van der Waals surface area contributed by atoms with E-state index in [0.717, 1.165) is 0 Å². The zero-order valence-electron chi connectivity index (χ0n) is 10.2. The molecule has 2 aromatic carbocycles. The fourth-order valence-electron chi connectivity index (χ4n) is 1.81. The maximum atomic E-state index is 13.7. The van der Waals surface area contributed by atoms with Gasteiger partial charge in [-0.25, -0.2) is 8.78 Å². The van der Waals surface area contributed by atoms with Crippen LogP contribution < -0.4 is 5.73 Å². The molecular formula is C14H9F2N3O. The van der Waals surface area contributed by atoms with Crippen LogP contribution in [0.5, 0.6) is 0 Å². The van der Waals surface area contributed by atoms with Crippen LogP contribution in [0.1, 0.15) is 0 Å². The summed E-state index contributed by atoms with van der Waals surface area (Å²) in [4.78, 5) is 4.08. The van der Waals surface area contributed by atoms with Gasteiger partial charge in [-0.15, -0.1) is 0 Å². The van der Waals surface area contributed by atoms with Crippen molar-refractivity contribution in [2.45, 2.75) is 0 Å². The summed E-state index contributed by atoms with van der Waals surface area (Å²) in [6, 6.07) is 9.87. The van der Waals surface area contributed by atoms with Gasteiger partial charge in [-0.05, 0) is 36.4 Å². The van der Waals surface area contributed by atoms with Gasteiger partial charge in [0, 0.05) is 11.3 Å². The van der Waals surface area contributed by atoms with Gasteiger partial charge in [-0.1, -0.05) is 11.2 Å². The fourth-order valence-corrected chi connectivity index (χ4v) is 1.81. The zero-order valence-corrected chi connectivity index (χ0v) is 10.2. The second kappa shape index (κ2) is 4.73. The standard InChI is InChI=1S/C14H9F2N3O/c15-9-6-4-8(5-7-9)13-18-14(20-19-13)12-10(16)2-1-3-11(12)17/h1-7H,17H2. The van der Waals surface area contributed by atoms with Crippen LogP contribution in [0.2, 0.25) is 0 Å². The minimum absolute atomic E-state index is 0.0140. The predicted molar refractivity (Wildman–Crippen MR) is 69.5 cm³/mol. The van der Waals surface area contributed by atoms with Crippen LogP contribution >= 0.6 is 0 Å². The molecule has 3 rings (SSSR count). The van der Waals surface area contributed by atoms with E-state index >= 15 is 0 Å². The van der Waals surface area contributed by atoms with E-state index in [1.807, 2.05) is 0 Å². The van der Waals surface area contributed by atoms with E-state index in [0.29, 0.717) is 5.56 Å². The monoisotopic (exact) mass is 273 g/mol. The predicted octanol–water partition coefficient (Wildman–Crippen LogP) is 3.26. The average molecular weight is 273 g/mol. The number of aromatic nitrogens is 2. The molecule has 0 aliphatic heterocycles. The Balaban J connectivity index is 2.04. The molecule has 0 fully saturated rings. The lowest BCUT2D eigenvalue weighted by molar-refractivity contribution is 0.430. The molecule has 0 saturated carbocycles. The third-order valence-electron chi connectivity index (χ3n) is 2.79. The van der Waals surface area contributed by atoms with Crippen LogP contribution in [0, 0.1) is 11.6 Å². The molecule has 0 unspecified atom stereocenters. The Morgan fingerprint density at radius 2 is 1.75 bits per heavy atom. The van der Waals surface area contributed by atoms with Crippen LogP contribution in [0.15, 0.2) is 47.0 Å². The van der Waals surface area contributed by atoms with Crippen molar-refractivity contribution in [1.82, 2.24) is 10.1 Å². The Bertz CT molecular complexity index is 733. The molecule has 0 bridgehead atoms. The highest BCUT2D eigenvalue weighted by Crippen LogP contribution is 2.29. The van der Waals surface area contributed by atoms with Crippen molar-refractivity contribution in [1.29, 1.82) is 0 Å². The first-order valence-corrected chi connectivity index (χ1v) is 5.79. The lowest BCUT2D eigenvalue weighted by Crippen LogP contribution is -1.93. The van der Waals surface area contributed by atoms with Crippen LogP contribution in [-0.2, 0) is 0 Å². The van der Waals surface area contributed by atoms with E-state index < -0.39 is 5.82 Å². The van der Waals surface area contributed by atoms with E-state index in [2.05, 4.69) is 10.1 Å². The van der Waals surface area contributed by atoms with Crippen molar-refractivity contribution in [2.75, 3.05) is 5.73 Å². The van der Waals surface area contributed by atoms with Gasteiger partial charge in [0.05, 0.1) is 5.56 Å². The molecule has 6 heteroatoms. The van der Waals surface area contributed by atoms with Gasteiger partial charge >= 0.3 is 0 Å². The summed E-state index contributed by atoms with van der Waals surface area (Å²) in [6.45, 7) is 0. The number of halogens is 2. The molecule has 0 spiro atoms. The fraction of sp³-hybridized carbons (Fsp3) is 0. The number of nitrogens with two attached hydrogens (primary N) is 1. The highest BCUT2D eigenvalue weighted by atomic mass is 19.1. The highest BCUT2D eigenvalue weighted by Gasteiger charge is 2.16. The Morgan fingerprint density at radius 1 is 1.00 bits per heavy atom. The Kier molecular flexibility index (Phi) is 2.90. The summed E-state index contributed by atoms with van der Waals surface area (Å²) in [5, 5.41) is 3.74. The first-order valence-electron chi connectivity index (χ1n) is 5.79. The lowest BCUT2D eigenvalue weighted by Gasteiger charge is -2.00. The SMILES string of the molecule is Nc1cccc(F)c1-c1nc(-c2ccc(F)cc2)no1. The first kappa shape index (κ1) is 12.3. The third-order valence-corrected chi connectivity index (χ3v) is 2.79. The van der Waals surface area contributed by atoms with Crippen LogP contribution in [-0.4, -0.2) is 10.1 Å². The number of nitrogens with zero attached hydrogens (tertiary/aromatic N) is 2. The molecule has 0 atom stereocenters. The number of nitrogen functional groups attached to an aromatic ring is 1. The van der Waals surface area contributed by atoms with Crippen LogP contribution in [0.4, 0.5) is 14.5 Å². The van der Waals surface area contributed by atoms with Crippen molar-refractivity contribution in [2.24, 2.45) is 0 Å². The minimum atomic E-state index is -0.542. The zero-order chi connectivity index (χ0) is 14.1. The van der Waals surface area contributed by atoms with Crippen molar-refractivity contribution < 1.29 is 13.3 Å². The van der Waals surface area contributed by atoms with Gasteiger partial charge in [0.1, 0.15) is 11.6 Å². The van der Waals surface area contributed by atoms with Crippen molar-refractivity contribution in [3.8, 4) is 22.8 Å². The number of hydrogen-bond acceptors (Lipinski definition) is 4. The maximum absolute atomic E-state index is 13.7. The molecule has 4 nitrogen and oxygen atoms in total. The topological polar surface area (TPSA) is 64.9 Å². The maximum Gasteiger partial charge on any atom is 0.263 e. The van der Waals surface area contributed by atoms with Gasteiger partial charge in [0.15, 0.2) is 0 Å². The Morgan fingerprint density at radius 3 is 2.45 bits per heavy atom. The van der Waals surface area contributed by atoms with E-state index in [-0.39, 0.29) is 28.8 Å². The molecule has 0 radical (unpaired) electrons. The third kappa shape index (κ3) is 2.11. The van der Waals surface area contributed by atoms with Gasteiger partial charge in [-0.2, -0.15) is 4.98 Å². The molecule has 20 heavy (non-hydrogen) atoms. The van der Waals surface area contributed by atoms with E-state index in [1.54, 1.807) is 6.07 Å². The molecule has 1 heterocycles. The van der Waals surface area contributed by atoms with E-state index in [9.17, 15) is 8.78 Å². The number of hydrogen-bond donors (Lipinski definition) is 1. The van der Waals surface area contributed by atoms with Crippen molar-refractivity contribution >= 4 is 5.69 Å². The van der Waals surface area contributed by atoms with Gasteiger partial charge in [0.25, 0.3) is 5.89 Å². The summed E-state index contributed by atoms with van der Waals surface area (Å²) < 4.78 is 31.6. The number of benzene rings is 2. The molecule has 100 valence electrons. The quantitative estimate of drug-likeness (QED) is 0.728. The van der Waals surface area contributed by atoms with E-state index in [1.165, 1.54) is 36.4 Å². The van der Waals surface area contributed by atoms with Gasteiger partial charge in [0.2, 0.25) is 5.82 Å². The molecule has 0 amide bonds. The largest absolute Gasteiger partial charge is 0.398 e.